The summed E-state index contributed by atoms with van der Waals surface area (Å²) in [6, 6.07) is 6.87. The first-order valence-electron chi connectivity index (χ1n) is 9.71. The van der Waals surface area contributed by atoms with Gasteiger partial charge in [0, 0.05) is 17.3 Å². The van der Waals surface area contributed by atoms with Crippen LogP contribution in [-0.2, 0) is 28.9 Å². The molecule has 1 aliphatic rings. The van der Waals surface area contributed by atoms with Gasteiger partial charge in [-0.2, -0.15) is 13.2 Å². The minimum atomic E-state index is -4.43. The molecule has 3 aromatic rings. The van der Waals surface area contributed by atoms with E-state index in [0.717, 1.165) is 48.6 Å². The maximum Gasteiger partial charge on any atom is 0.416 e. The van der Waals surface area contributed by atoms with Crippen LogP contribution >= 0.6 is 0 Å². The van der Waals surface area contributed by atoms with E-state index in [1.54, 1.807) is 0 Å². The number of hydrogen-bond acceptors (Lipinski definition) is 2. The van der Waals surface area contributed by atoms with Gasteiger partial charge < -0.3 is 4.57 Å². The Morgan fingerprint density at radius 1 is 1.03 bits per heavy atom. The molecule has 0 bridgehead atoms. The van der Waals surface area contributed by atoms with Crippen molar-refractivity contribution in [2.75, 3.05) is 6.26 Å². The van der Waals surface area contributed by atoms with E-state index in [2.05, 4.69) is 0 Å². The minimum absolute atomic E-state index is 0.0920. The molecular weight excluding hydrogens is 418 g/mol. The van der Waals surface area contributed by atoms with Crippen LogP contribution in [0.4, 0.5) is 17.6 Å². The molecule has 8 heteroatoms. The molecule has 30 heavy (non-hydrogen) atoms. The zero-order valence-corrected chi connectivity index (χ0v) is 17.4. The van der Waals surface area contributed by atoms with Gasteiger partial charge in [-0.05, 0) is 68.0 Å². The number of nitrogens with zero attached hydrogens (tertiary/aromatic N) is 1. The number of halogens is 4. The second kappa shape index (κ2) is 7.11. The first kappa shape index (κ1) is 20.9. The third kappa shape index (κ3) is 3.51. The number of sulfone groups is 1. The largest absolute Gasteiger partial charge is 0.416 e. The molecule has 0 spiro atoms. The van der Waals surface area contributed by atoms with E-state index < -0.39 is 33.4 Å². The summed E-state index contributed by atoms with van der Waals surface area (Å²) >= 11 is 0. The molecular formula is C22H21F4NO2S. The van der Waals surface area contributed by atoms with Crippen LogP contribution in [0.1, 0.15) is 48.2 Å². The highest BCUT2D eigenvalue weighted by Gasteiger charge is 2.31. The lowest BCUT2D eigenvalue weighted by atomic mass is 9.95. The van der Waals surface area contributed by atoms with Gasteiger partial charge in [-0.15, -0.1) is 0 Å². The van der Waals surface area contributed by atoms with E-state index in [4.69, 9.17) is 0 Å². The van der Waals surface area contributed by atoms with E-state index in [0.29, 0.717) is 29.3 Å². The predicted molar refractivity (Wildman–Crippen MR) is 107 cm³/mol. The van der Waals surface area contributed by atoms with Gasteiger partial charge >= 0.3 is 6.18 Å². The van der Waals surface area contributed by atoms with Crippen molar-refractivity contribution in [2.24, 2.45) is 0 Å². The summed E-state index contributed by atoms with van der Waals surface area (Å²) in [4.78, 5) is -0.0920. The third-order valence-electron chi connectivity index (χ3n) is 5.84. The van der Waals surface area contributed by atoms with Gasteiger partial charge in [0.05, 0.1) is 22.0 Å². The van der Waals surface area contributed by atoms with E-state index in [-0.39, 0.29) is 4.90 Å². The minimum Gasteiger partial charge on any atom is -0.336 e. The molecule has 1 atom stereocenters. The molecule has 4 rings (SSSR count). The smallest absolute Gasteiger partial charge is 0.336 e. The fourth-order valence-corrected chi connectivity index (χ4v) is 5.33. The summed E-state index contributed by atoms with van der Waals surface area (Å²) in [5.41, 5.74) is 2.17. The van der Waals surface area contributed by atoms with Crippen LogP contribution in [0.25, 0.3) is 10.9 Å². The van der Waals surface area contributed by atoms with Crippen molar-refractivity contribution in [3.05, 3.63) is 64.6 Å². The Morgan fingerprint density at radius 2 is 1.67 bits per heavy atom. The number of benzene rings is 2. The zero-order valence-electron chi connectivity index (χ0n) is 16.6. The number of rotatable bonds is 3. The topological polar surface area (TPSA) is 39.1 Å². The maximum absolute atomic E-state index is 14.3. The lowest BCUT2D eigenvalue weighted by molar-refractivity contribution is -0.137. The summed E-state index contributed by atoms with van der Waals surface area (Å²) in [5.74, 6) is -0.615. The van der Waals surface area contributed by atoms with Crippen molar-refractivity contribution in [2.45, 2.75) is 49.7 Å². The standard InChI is InChI=1S/C22H21F4NO2S/c1-13(14-7-9-15(10-8-14)22(24,25)26)27-19-6-4-3-5-17(19)18-11-16(23)12-20(21(18)27)30(2,28)29/h7-13H,3-6H2,1-2H3/t13-/m0/s1. The zero-order chi connectivity index (χ0) is 21.8. The average Bonchev–Trinajstić information content (AvgIpc) is 2.99. The van der Waals surface area contributed by atoms with E-state index in [9.17, 15) is 26.0 Å². The SMILES string of the molecule is C[C@@H](c1ccc(C(F)(F)F)cc1)n1c2c(c3cc(F)cc(S(C)(=O)=O)c31)CCCC2. The first-order chi connectivity index (χ1) is 14.0. The second-order valence-corrected chi connectivity index (χ2v) is 9.85. The number of hydrogen-bond donors (Lipinski definition) is 0. The van der Waals surface area contributed by atoms with Gasteiger partial charge in [-0.25, -0.2) is 12.8 Å². The summed E-state index contributed by atoms with van der Waals surface area (Å²) in [7, 11) is -3.73. The third-order valence-corrected chi connectivity index (χ3v) is 6.95. The summed E-state index contributed by atoms with van der Waals surface area (Å²) in [6.07, 6.45) is -0.126. The molecule has 0 saturated heterocycles. The van der Waals surface area contributed by atoms with Gasteiger partial charge in [0.15, 0.2) is 9.84 Å². The maximum atomic E-state index is 14.3. The Hall–Kier alpha value is -2.35. The van der Waals surface area contributed by atoms with Gasteiger partial charge in [-0.1, -0.05) is 12.1 Å². The molecule has 0 radical (unpaired) electrons. The fraction of sp³-hybridized carbons (Fsp3) is 0.364. The Kier molecular flexibility index (Phi) is 4.96. The van der Waals surface area contributed by atoms with Crippen molar-refractivity contribution in [1.82, 2.24) is 4.57 Å². The van der Waals surface area contributed by atoms with Crippen molar-refractivity contribution >= 4 is 20.7 Å². The summed E-state index contributed by atoms with van der Waals surface area (Å²) in [5, 5.41) is 0.573. The summed E-state index contributed by atoms with van der Waals surface area (Å²) < 4.78 is 80.0. The molecule has 0 N–H and O–H groups in total. The Labute approximate surface area is 172 Å². The van der Waals surface area contributed by atoms with Gasteiger partial charge in [0.1, 0.15) is 5.82 Å². The molecule has 0 fully saturated rings. The summed E-state index contributed by atoms with van der Waals surface area (Å²) in [6.45, 7) is 1.83. The monoisotopic (exact) mass is 439 g/mol. The normalized spacial score (nSPS) is 15.9. The lowest BCUT2D eigenvalue weighted by Crippen LogP contribution is -2.15. The highest BCUT2D eigenvalue weighted by Crippen LogP contribution is 2.40. The molecule has 0 aliphatic heterocycles. The molecule has 1 heterocycles. The van der Waals surface area contributed by atoms with Crippen LogP contribution in [-0.4, -0.2) is 19.2 Å². The molecule has 0 saturated carbocycles. The van der Waals surface area contributed by atoms with E-state index >= 15 is 0 Å². The number of aryl methyl sites for hydroxylation is 1. The molecule has 160 valence electrons. The molecule has 1 aliphatic carbocycles. The molecule has 0 unspecified atom stereocenters. The van der Waals surface area contributed by atoms with Crippen LogP contribution in [0.3, 0.4) is 0 Å². The van der Waals surface area contributed by atoms with Gasteiger partial charge in [0.2, 0.25) is 0 Å². The Balaban J connectivity index is 1.98. The van der Waals surface area contributed by atoms with Gasteiger partial charge in [0.25, 0.3) is 0 Å². The van der Waals surface area contributed by atoms with Crippen molar-refractivity contribution in [1.29, 1.82) is 0 Å². The Bertz CT molecular complexity index is 1220. The highest BCUT2D eigenvalue weighted by molar-refractivity contribution is 7.91. The van der Waals surface area contributed by atoms with E-state index in [1.165, 1.54) is 18.2 Å². The van der Waals surface area contributed by atoms with Crippen LogP contribution in [0, 0.1) is 5.82 Å². The second-order valence-electron chi connectivity index (χ2n) is 7.87. The van der Waals surface area contributed by atoms with Crippen LogP contribution in [0.2, 0.25) is 0 Å². The van der Waals surface area contributed by atoms with Crippen molar-refractivity contribution in [3.63, 3.8) is 0 Å². The van der Waals surface area contributed by atoms with Crippen LogP contribution < -0.4 is 0 Å². The van der Waals surface area contributed by atoms with Crippen LogP contribution in [0.5, 0.6) is 0 Å². The number of aromatic nitrogens is 1. The highest BCUT2D eigenvalue weighted by atomic mass is 32.2. The molecule has 1 aromatic heterocycles. The molecule has 2 aromatic carbocycles. The molecule has 0 amide bonds. The van der Waals surface area contributed by atoms with Crippen molar-refractivity contribution in [3.8, 4) is 0 Å². The predicted octanol–water partition coefficient (Wildman–Crippen LogP) is 5.69. The van der Waals surface area contributed by atoms with E-state index in [1.807, 2.05) is 11.5 Å². The number of fused-ring (bicyclic) bond motifs is 3. The first-order valence-corrected chi connectivity index (χ1v) is 11.6. The lowest BCUT2D eigenvalue weighted by Gasteiger charge is -2.23. The quantitative estimate of drug-likeness (QED) is 0.492. The van der Waals surface area contributed by atoms with Gasteiger partial charge in [-0.3, -0.25) is 0 Å². The van der Waals surface area contributed by atoms with Crippen molar-refractivity contribution < 1.29 is 26.0 Å². The number of alkyl halides is 3. The Morgan fingerprint density at radius 3 is 2.27 bits per heavy atom. The van der Waals surface area contributed by atoms with Crippen LogP contribution in [0.15, 0.2) is 41.3 Å². The molecule has 3 nitrogen and oxygen atoms in total. The fourth-order valence-electron chi connectivity index (χ4n) is 4.44. The average molecular weight is 439 g/mol.